The second-order valence-electron chi connectivity index (χ2n) is 4.82. The molecule has 0 aliphatic heterocycles. The molecule has 0 aliphatic carbocycles. The van der Waals surface area contributed by atoms with Gasteiger partial charge in [0.25, 0.3) is 0 Å². The summed E-state index contributed by atoms with van der Waals surface area (Å²) in [6, 6.07) is 10.5. The predicted octanol–water partition coefficient (Wildman–Crippen LogP) is 4.91. The van der Waals surface area contributed by atoms with Crippen molar-refractivity contribution in [2.75, 3.05) is 5.88 Å². The number of halogens is 3. The summed E-state index contributed by atoms with van der Waals surface area (Å²) in [4.78, 5) is 4.54. The standard InChI is InChI=1S/C16H13Cl2FN2/c1-10-4-2-6-12(19)16(10)21-13-7-3-5-11(18)15(13)20-14(21)8-9-17/h2-7H,8-9H2,1H3. The minimum atomic E-state index is -0.287. The zero-order valence-corrected chi connectivity index (χ0v) is 12.9. The second kappa shape index (κ2) is 5.66. The van der Waals surface area contributed by atoms with Gasteiger partial charge < -0.3 is 0 Å². The minimum Gasteiger partial charge on any atom is -0.293 e. The molecular formula is C16H13Cl2FN2. The number of para-hydroxylation sites is 2. The van der Waals surface area contributed by atoms with Crippen LogP contribution in [0, 0.1) is 12.7 Å². The lowest BCUT2D eigenvalue weighted by molar-refractivity contribution is 0.615. The van der Waals surface area contributed by atoms with E-state index in [1.807, 2.05) is 29.7 Å². The number of rotatable bonds is 3. The number of nitrogens with zero attached hydrogens (tertiary/aromatic N) is 2. The Hall–Kier alpha value is -1.58. The van der Waals surface area contributed by atoms with E-state index < -0.39 is 0 Å². The first kappa shape index (κ1) is 14.4. The van der Waals surface area contributed by atoms with Gasteiger partial charge in [0.1, 0.15) is 17.2 Å². The molecule has 3 aromatic rings. The fourth-order valence-electron chi connectivity index (χ4n) is 2.52. The number of aromatic nitrogens is 2. The van der Waals surface area contributed by atoms with Gasteiger partial charge in [-0.25, -0.2) is 9.37 Å². The Bertz CT molecular complexity index is 791. The number of benzene rings is 2. The monoisotopic (exact) mass is 322 g/mol. The van der Waals surface area contributed by atoms with Crippen LogP contribution in [-0.4, -0.2) is 15.4 Å². The highest BCUT2D eigenvalue weighted by molar-refractivity contribution is 6.35. The molecule has 0 atom stereocenters. The molecule has 0 aliphatic rings. The number of imidazole rings is 1. The average Bonchev–Trinajstić information content (AvgIpc) is 2.80. The average molecular weight is 323 g/mol. The molecule has 2 nitrogen and oxygen atoms in total. The van der Waals surface area contributed by atoms with Crippen molar-refractivity contribution in [2.45, 2.75) is 13.3 Å². The maximum Gasteiger partial charge on any atom is 0.147 e. The van der Waals surface area contributed by atoms with E-state index in [1.165, 1.54) is 6.07 Å². The van der Waals surface area contributed by atoms with E-state index in [4.69, 9.17) is 23.2 Å². The fourth-order valence-corrected chi connectivity index (χ4v) is 2.90. The van der Waals surface area contributed by atoms with Gasteiger partial charge in [0, 0.05) is 12.3 Å². The van der Waals surface area contributed by atoms with E-state index in [2.05, 4.69) is 4.98 Å². The normalized spacial score (nSPS) is 11.2. The Morgan fingerprint density at radius 1 is 1.19 bits per heavy atom. The van der Waals surface area contributed by atoms with E-state index in [0.29, 0.717) is 34.4 Å². The molecular weight excluding hydrogens is 310 g/mol. The molecule has 0 spiro atoms. The van der Waals surface area contributed by atoms with Crippen LogP contribution in [0.5, 0.6) is 0 Å². The van der Waals surface area contributed by atoms with Gasteiger partial charge >= 0.3 is 0 Å². The molecule has 0 bridgehead atoms. The van der Waals surface area contributed by atoms with Gasteiger partial charge in [-0.2, -0.15) is 0 Å². The van der Waals surface area contributed by atoms with Crippen molar-refractivity contribution in [2.24, 2.45) is 0 Å². The van der Waals surface area contributed by atoms with Gasteiger partial charge in [-0.15, -0.1) is 11.6 Å². The number of hydrogen-bond acceptors (Lipinski definition) is 1. The first-order valence-electron chi connectivity index (χ1n) is 6.60. The summed E-state index contributed by atoms with van der Waals surface area (Å²) in [5.74, 6) is 0.834. The van der Waals surface area contributed by atoms with Crippen LogP contribution in [0.4, 0.5) is 4.39 Å². The summed E-state index contributed by atoms with van der Waals surface area (Å²) in [6.45, 7) is 1.87. The van der Waals surface area contributed by atoms with Gasteiger partial charge in [0.15, 0.2) is 0 Å². The molecule has 108 valence electrons. The zero-order chi connectivity index (χ0) is 15.0. The maximum atomic E-state index is 14.3. The third kappa shape index (κ3) is 2.41. The smallest absolute Gasteiger partial charge is 0.147 e. The predicted molar refractivity (Wildman–Crippen MR) is 85.2 cm³/mol. The second-order valence-corrected chi connectivity index (χ2v) is 5.60. The highest BCUT2D eigenvalue weighted by atomic mass is 35.5. The van der Waals surface area contributed by atoms with Crippen molar-refractivity contribution in [1.29, 1.82) is 0 Å². The number of alkyl halides is 1. The zero-order valence-electron chi connectivity index (χ0n) is 11.4. The Morgan fingerprint density at radius 2 is 1.95 bits per heavy atom. The largest absolute Gasteiger partial charge is 0.293 e. The van der Waals surface area contributed by atoms with E-state index in [9.17, 15) is 4.39 Å². The van der Waals surface area contributed by atoms with Gasteiger partial charge in [0.2, 0.25) is 0 Å². The number of fused-ring (bicyclic) bond motifs is 1. The lowest BCUT2D eigenvalue weighted by Gasteiger charge is -2.12. The van der Waals surface area contributed by atoms with Crippen LogP contribution in [0.1, 0.15) is 11.4 Å². The summed E-state index contributed by atoms with van der Waals surface area (Å²) in [5.41, 5.74) is 2.80. The molecule has 1 heterocycles. The van der Waals surface area contributed by atoms with Crippen LogP contribution in [0.15, 0.2) is 36.4 Å². The molecule has 0 fully saturated rings. The molecule has 0 radical (unpaired) electrons. The minimum absolute atomic E-state index is 0.287. The number of hydrogen-bond donors (Lipinski definition) is 0. The number of aryl methyl sites for hydroxylation is 2. The van der Waals surface area contributed by atoms with E-state index in [-0.39, 0.29) is 5.82 Å². The maximum absolute atomic E-state index is 14.3. The van der Waals surface area contributed by atoms with E-state index in [1.54, 1.807) is 12.1 Å². The highest BCUT2D eigenvalue weighted by Gasteiger charge is 2.18. The van der Waals surface area contributed by atoms with E-state index in [0.717, 1.165) is 11.1 Å². The summed E-state index contributed by atoms with van der Waals surface area (Å²) in [5, 5.41) is 0.552. The van der Waals surface area contributed by atoms with Gasteiger partial charge in [-0.1, -0.05) is 29.8 Å². The van der Waals surface area contributed by atoms with E-state index >= 15 is 0 Å². The fraction of sp³-hybridized carbons (Fsp3) is 0.188. The van der Waals surface area contributed by atoms with Crippen molar-refractivity contribution < 1.29 is 4.39 Å². The first-order valence-corrected chi connectivity index (χ1v) is 7.52. The van der Waals surface area contributed by atoms with Crippen molar-refractivity contribution in [1.82, 2.24) is 9.55 Å². The van der Waals surface area contributed by atoms with Crippen molar-refractivity contribution >= 4 is 34.2 Å². The third-order valence-corrected chi connectivity index (χ3v) is 3.93. The first-order chi connectivity index (χ1) is 10.1. The molecule has 1 aromatic heterocycles. The topological polar surface area (TPSA) is 17.8 Å². The van der Waals surface area contributed by atoms with Gasteiger partial charge in [-0.3, -0.25) is 4.57 Å². The van der Waals surface area contributed by atoms with Crippen LogP contribution >= 0.6 is 23.2 Å². The quantitative estimate of drug-likeness (QED) is 0.626. The Kier molecular flexibility index (Phi) is 3.87. The van der Waals surface area contributed by atoms with Crippen molar-refractivity contribution in [3.63, 3.8) is 0 Å². The summed E-state index contributed by atoms with van der Waals surface area (Å²) in [7, 11) is 0. The molecule has 0 saturated heterocycles. The molecule has 2 aromatic carbocycles. The highest BCUT2D eigenvalue weighted by Crippen LogP contribution is 2.29. The molecule has 3 rings (SSSR count). The van der Waals surface area contributed by atoms with Crippen LogP contribution in [0.25, 0.3) is 16.7 Å². The van der Waals surface area contributed by atoms with Crippen LogP contribution in [0.3, 0.4) is 0 Å². The lowest BCUT2D eigenvalue weighted by Crippen LogP contribution is -2.06. The van der Waals surface area contributed by atoms with Crippen LogP contribution < -0.4 is 0 Å². The Labute approximate surface area is 132 Å². The van der Waals surface area contributed by atoms with Crippen LogP contribution in [-0.2, 0) is 6.42 Å². The molecule has 5 heteroatoms. The van der Waals surface area contributed by atoms with Crippen molar-refractivity contribution in [3.8, 4) is 5.69 Å². The Morgan fingerprint density at radius 3 is 2.67 bits per heavy atom. The van der Waals surface area contributed by atoms with Crippen molar-refractivity contribution in [3.05, 3.63) is 58.6 Å². The SMILES string of the molecule is Cc1cccc(F)c1-n1c(CCCl)nc2c(Cl)cccc21. The lowest BCUT2D eigenvalue weighted by atomic mass is 10.1. The molecule has 0 N–H and O–H groups in total. The van der Waals surface area contributed by atoms with Gasteiger partial charge in [-0.05, 0) is 30.7 Å². The molecule has 21 heavy (non-hydrogen) atoms. The van der Waals surface area contributed by atoms with Gasteiger partial charge in [0.05, 0.1) is 16.2 Å². The Balaban J connectivity index is 2.40. The molecule has 0 amide bonds. The molecule has 0 saturated carbocycles. The third-order valence-electron chi connectivity index (χ3n) is 3.44. The molecule has 0 unspecified atom stereocenters. The van der Waals surface area contributed by atoms with Crippen LogP contribution in [0.2, 0.25) is 5.02 Å². The summed E-state index contributed by atoms with van der Waals surface area (Å²) >= 11 is 12.1. The summed E-state index contributed by atoms with van der Waals surface area (Å²) < 4.78 is 16.2. The summed E-state index contributed by atoms with van der Waals surface area (Å²) in [6.07, 6.45) is 0.542.